The molecule has 3 amide bonds. The summed E-state index contributed by atoms with van der Waals surface area (Å²) < 4.78 is 1.68. The minimum absolute atomic E-state index is 0.00808. The number of hydrogen-bond donors (Lipinski definition) is 3. The third-order valence-corrected chi connectivity index (χ3v) is 7.43. The number of unbranched alkanes of at least 4 members (excludes halogenated alkanes) is 1. The molecule has 5 rings (SSSR count). The number of aromatic nitrogens is 4. The van der Waals surface area contributed by atoms with Crippen LogP contribution >= 0.6 is 11.8 Å². The fraction of sp³-hybridized carbons (Fsp3) is 0.348. The molecule has 2 aliphatic heterocycles. The number of thioether (sulfide) groups is 1. The molecule has 0 spiro atoms. The summed E-state index contributed by atoms with van der Waals surface area (Å²) >= 11 is 1.90. The molecule has 3 aromatic rings. The first kappa shape index (κ1) is 21.4. The Kier molecular flexibility index (Phi) is 6.25. The topological polar surface area (TPSA) is 114 Å². The smallest absolute Gasteiger partial charge is 0.315 e. The van der Waals surface area contributed by atoms with Gasteiger partial charge in [-0.1, -0.05) is 17.7 Å². The van der Waals surface area contributed by atoms with E-state index in [-0.39, 0.29) is 24.0 Å². The standard InChI is InChI=1S/C23H25N7O2S/c31-21(7-2-1-6-20-22-19(14-33-20)26-23(32)27-22)25-15-8-10-16(11-9-15)30-13-18(28-29-30)17-5-3-4-12-24-17/h3-5,8-13,19-20,22H,1-2,6-7,14H2,(H,25,31)(H2,26,27,32)/t19-,20-,22-/m0/s1. The van der Waals surface area contributed by atoms with Gasteiger partial charge >= 0.3 is 6.03 Å². The number of pyridine rings is 1. The first-order valence-electron chi connectivity index (χ1n) is 11.1. The fourth-order valence-corrected chi connectivity index (χ4v) is 5.76. The molecule has 3 atom stereocenters. The Balaban J connectivity index is 1.07. The van der Waals surface area contributed by atoms with Crippen molar-refractivity contribution in [2.24, 2.45) is 0 Å². The molecule has 2 aliphatic rings. The zero-order valence-electron chi connectivity index (χ0n) is 18.0. The molecule has 3 N–H and O–H groups in total. The Bertz CT molecular complexity index is 1120. The molecule has 2 aromatic heterocycles. The number of nitrogens with one attached hydrogen (secondary N) is 3. The second kappa shape index (κ2) is 9.62. The molecule has 2 fully saturated rings. The minimum atomic E-state index is -0.0573. The molecule has 0 unspecified atom stereocenters. The van der Waals surface area contributed by atoms with E-state index in [0.29, 0.717) is 17.4 Å². The highest BCUT2D eigenvalue weighted by Crippen LogP contribution is 2.33. The first-order valence-corrected chi connectivity index (χ1v) is 12.1. The zero-order valence-corrected chi connectivity index (χ0v) is 18.8. The maximum atomic E-state index is 12.3. The quantitative estimate of drug-likeness (QED) is 0.350. The van der Waals surface area contributed by atoms with Crippen molar-refractivity contribution in [2.45, 2.75) is 43.0 Å². The van der Waals surface area contributed by atoms with E-state index in [4.69, 9.17) is 0 Å². The van der Waals surface area contributed by atoms with Crippen molar-refractivity contribution in [1.82, 2.24) is 30.6 Å². The molecule has 170 valence electrons. The van der Waals surface area contributed by atoms with Crippen LogP contribution in [0.3, 0.4) is 0 Å². The zero-order chi connectivity index (χ0) is 22.6. The van der Waals surface area contributed by atoms with Gasteiger partial charge in [-0.25, -0.2) is 9.48 Å². The van der Waals surface area contributed by atoms with Gasteiger partial charge in [0, 0.05) is 29.3 Å². The Morgan fingerprint density at radius 3 is 2.82 bits per heavy atom. The first-order chi connectivity index (χ1) is 16.2. The summed E-state index contributed by atoms with van der Waals surface area (Å²) in [5.41, 5.74) is 3.07. The van der Waals surface area contributed by atoms with Crippen molar-refractivity contribution in [3.63, 3.8) is 0 Å². The van der Waals surface area contributed by atoms with E-state index >= 15 is 0 Å². The van der Waals surface area contributed by atoms with E-state index in [1.165, 1.54) is 0 Å². The number of amides is 3. The van der Waals surface area contributed by atoms with Crippen molar-refractivity contribution in [2.75, 3.05) is 11.1 Å². The molecule has 10 heteroatoms. The van der Waals surface area contributed by atoms with Crippen LogP contribution in [-0.2, 0) is 4.79 Å². The average Bonchev–Trinajstić information content (AvgIpc) is 3.55. The Morgan fingerprint density at radius 2 is 2.00 bits per heavy atom. The highest BCUT2D eigenvalue weighted by atomic mass is 32.2. The summed E-state index contributed by atoms with van der Waals surface area (Å²) in [4.78, 5) is 28.1. The molecule has 0 saturated carbocycles. The normalized spacial score (nSPS) is 21.3. The molecular weight excluding hydrogens is 438 g/mol. The second-order valence-electron chi connectivity index (χ2n) is 8.23. The van der Waals surface area contributed by atoms with E-state index in [1.54, 1.807) is 10.9 Å². The van der Waals surface area contributed by atoms with Crippen LogP contribution in [0.4, 0.5) is 10.5 Å². The van der Waals surface area contributed by atoms with Crippen LogP contribution in [0.5, 0.6) is 0 Å². The lowest BCUT2D eigenvalue weighted by Gasteiger charge is -2.16. The molecule has 1 aromatic carbocycles. The van der Waals surface area contributed by atoms with Crippen LogP contribution in [-0.4, -0.2) is 55.0 Å². The third-order valence-electron chi connectivity index (χ3n) is 5.92. The van der Waals surface area contributed by atoms with Crippen molar-refractivity contribution in [3.05, 3.63) is 54.9 Å². The lowest BCUT2D eigenvalue weighted by atomic mass is 10.0. The number of benzene rings is 1. The molecule has 9 nitrogen and oxygen atoms in total. The number of hydrogen-bond acceptors (Lipinski definition) is 6. The Labute approximate surface area is 195 Å². The number of carbonyl (C=O) groups excluding carboxylic acids is 2. The van der Waals surface area contributed by atoms with Crippen molar-refractivity contribution >= 4 is 29.4 Å². The van der Waals surface area contributed by atoms with Gasteiger partial charge < -0.3 is 16.0 Å². The van der Waals surface area contributed by atoms with Gasteiger partial charge in [-0.3, -0.25) is 9.78 Å². The van der Waals surface area contributed by atoms with Crippen molar-refractivity contribution in [1.29, 1.82) is 0 Å². The van der Waals surface area contributed by atoms with Gasteiger partial charge in [-0.2, -0.15) is 11.8 Å². The van der Waals surface area contributed by atoms with Crippen LogP contribution < -0.4 is 16.0 Å². The van der Waals surface area contributed by atoms with E-state index in [2.05, 4.69) is 31.2 Å². The van der Waals surface area contributed by atoms with E-state index < -0.39 is 0 Å². The SMILES string of the molecule is O=C(CCCC[C@@H]1SC[C@@H]2NC(=O)N[C@@H]21)Nc1ccc(-n2cc(-c3ccccn3)nn2)cc1. The monoisotopic (exact) mass is 463 g/mol. The maximum Gasteiger partial charge on any atom is 0.315 e. The van der Waals surface area contributed by atoms with E-state index in [0.717, 1.165) is 42.1 Å². The largest absolute Gasteiger partial charge is 0.332 e. The van der Waals surface area contributed by atoms with Crippen LogP contribution in [0.1, 0.15) is 25.7 Å². The van der Waals surface area contributed by atoms with E-state index in [9.17, 15) is 9.59 Å². The lowest BCUT2D eigenvalue weighted by molar-refractivity contribution is -0.116. The fourth-order valence-electron chi connectivity index (χ4n) is 4.22. The van der Waals surface area contributed by atoms with Crippen molar-refractivity contribution in [3.8, 4) is 17.1 Å². The number of fused-ring (bicyclic) bond motifs is 1. The van der Waals surface area contributed by atoms with Crippen LogP contribution in [0.15, 0.2) is 54.9 Å². The summed E-state index contributed by atoms with van der Waals surface area (Å²) in [6, 6.07) is 13.6. The van der Waals surface area contributed by atoms with Gasteiger partial charge in [0.15, 0.2) is 0 Å². The molecule has 0 radical (unpaired) electrons. The minimum Gasteiger partial charge on any atom is -0.332 e. The number of carbonyl (C=O) groups is 2. The average molecular weight is 464 g/mol. The molecule has 0 bridgehead atoms. The molecule has 2 saturated heterocycles. The van der Waals surface area contributed by atoms with Gasteiger partial charge in [0.2, 0.25) is 5.91 Å². The van der Waals surface area contributed by atoms with Crippen LogP contribution in [0.2, 0.25) is 0 Å². The van der Waals surface area contributed by atoms with Crippen molar-refractivity contribution < 1.29 is 9.59 Å². The molecule has 33 heavy (non-hydrogen) atoms. The second-order valence-corrected chi connectivity index (χ2v) is 9.50. The molecule has 4 heterocycles. The van der Waals surface area contributed by atoms with E-state index in [1.807, 2.05) is 60.4 Å². The summed E-state index contributed by atoms with van der Waals surface area (Å²) in [7, 11) is 0. The number of anilines is 1. The molecule has 0 aliphatic carbocycles. The predicted octanol–water partition coefficient (Wildman–Crippen LogP) is 2.99. The van der Waals surface area contributed by atoms with Crippen LogP contribution in [0, 0.1) is 0 Å². The summed E-state index contributed by atoms with van der Waals surface area (Å²) in [5, 5.41) is 17.7. The maximum absolute atomic E-state index is 12.3. The van der Waals surface area contributed by atoms with Gasteiger partial charge in [0.1, 0.15) is 5.69 Å². The molecular formula is C23H25N7O2S. The highest BCUT2D eigenvalue weighted by Gasteiger charge is 2.42. The number of rotatable bonds is 8. The highest BCUT2D eigenvalue weighted by molar-refractivity contribution is 8.00. The van der Waals surface area contributed by atoms with Gasteiger partial charge in [0.05, 0.1) is 29.7 Å². The van der Waals surface area contributed by atoms with Gasteiger partial charge in [0.25, 0.3) is 0 Å². The number of urea groups is 1. The number of nitrogens with zero attached hydrogens (tertiary/aromatic N) is 4. The summed E-state index contributed by atoms with van der Waals surface area (Å²) in [6.07, 6.45) is 6.83. The summed E-state index contributed by atoms with van der Waals surface area (Å²) in [6.45, 7) is 0. The summed E-state index contributed by atoms with van der Waals surface area (Å²) in [5.74, 6) is 0.970. The Hall–Kier alpha value is -3.40. The van der Waals surface area contributed by atoms with Gasteiger partial charge in [-0.05, 0) is 49.2 Å². The van der Waals surface area contributed by atoms with Gasteiger partial charge in [-0.15, -0.1) is 5.10 Å². The third kappa shape index (κ3) is 5.00. The lowest BCUT2D eigenvalue weighted by Crippen LogP contribution is -2.36. The van der Waals surface area contributed by atoms with Crippen LogP contribution in [0.25, 0.3) is 17.1 Å². The Morgan fingerprint density at radius 1 is 1.12 bits per heavy atom. The predicted molar refractivity (Wildman–Crippen MR) is 127 cm³/mol.